The largest absolute Gasteiger partial charge is 0.326 e. The number of unbranched alkanes of at least 4 members (excludes halogenated alkanes) is 1. The van der Waals surface area contributed by atoms with E-state index in [0.717, 1.165) is 32.5 Å². The van der Waals surface area contributed by atoms with Gasteiger partial charge in [-0.2, -0.15) is 0 Å². The van der Waals surface area contributed by atoms with Gasteiger partial charge in [-0.05, 0) is 12.8 Å². The summed E-state index contributed by atoms with van der Waals surface area (Å²) in [5.74, 6) is 0.692. The van der Waals surface area contributed by atoms with Gasteiger partial charge in [-0.15, -0.1) is 11.6 Å². The molecule has 0 unspecified atom stereocenters. The van der Waals surface area contributed by atoms with E-state index in [0.29, 0.717) is 5.88 Å². The van der Waals surface area contributed by atoms with Crippen molar-refractivity contribution in [2.24, 2.45) is 0 Å². The second-order valence-electron chi connectivity index (χ2n) is 3.09. The first-order chi connectivity index (χ1) is 5.75. The molecule has 0 aromatic rings. The van der Waals surface area contributed by atoms with Crippen LogP contribution < -0.4 is 0 Å². The van der Waals surface area contributed by atoms with Gasteiger partial charge >= 0.3 is 6.03 Å². The van der Waals surface area contributed by atoms with Gasteiger partial charge in [-0.3, -0.25) is 0 Å². The third-order valence-corrected chi connectivity index (χ3v) is 2.38. The molecule has 1 saturated heterocycles. The molecule has 70 valence electrons. The van der Waals surface area contributed by atoms with Crippen LogP contribution in [0, 0.1) is 0 Å². The highest BCUT2D eigenvalue weighted by Crippen LogP contribution is 2.07. The lowest BCUT2D eigenvalue weighted by Gasteiger charge is -2.14. The number of amides is 2. The Morgan fingerprint density at radius 2 is 2.17 bits per heavy atom. The smallest absolute Gasteiger partial charge is 0.319 e. The van der Waals surface area contributed by atoms with Crippen molar-refractivity contribution in [1.29, 1.82) is 0 Å². The minimum atomic E-state index is 0.157. The molecule has 1 heterocycles. The number of rotatable bonds is 4. The van der Waals surface area contributed by atoms with Crippen LogP contribution in [0.1, 0.15) is 12.8 Å². The number of carbonyl (C=O) groups excluding carboxylic acids is 1. The normalized spacial score (nSPS) is 17.7. The standard InChI is InChI=1S/C8H15ClN2O/c1-10-6-7-11(8(10)12)5-3-2-4-9/h2-7H2,1H3. The first kappa shape index (κ1) is 9.65. The molecule has 4 heteroatoms. The van der Waals surface area contributed by atoms with E-state index in [-0.39, 0.29) is 6.03 Å². The maximum atomic E-state index is 11.3. The summed E-state index contributed by atoms with van der Waals surface area (Å²) < 4.78 is 0. The van der Waals surface area contributed by atoms with Crippen LogP contribution >= 0.6 is 11.6 Å². The lowest BCUT2D eigenvalue weighted by Crippen LogP contribution is -2.30. The van der Waals surface area contributed by atoms with Gasteiger partial charge in [0.1, 0.15) is 0 Å². The molecular weight excluding hydrogens is 176 g/mol. The van der Waals surface area contributed by atoms with Gasteiger partial charge in [0.15, 0.2) is 0 Å². The highest BCUT2D eigenvalue weighted by atomic mass is 35.5. The fourth-order valence-corrected chi connectivity index (χ4v) is 1.50. The molecule has 3 nitrogen and oxygen atoms in total. The van der Waals surface area contributed by atoms with Gasteiger partial charge in [0.05, 0.1) is 0 Å². The fraction of sp³-hybridized carbons (Fsp3) is 0.875. The van der Waals surface area contributed by atoms with Crippen LogP contribution in [0.2, 0.25) is 0 Å². The molecule has 0 aromatic carbocycles. The summed E-state index contributed by atoms with van der Waals surface area (Å²) in [5.41, 5.74) is 0. The van der Waals surface area contributed by atoms with Crippen LogP contribution in [-0.2, 0) is 0 Å². The molecule has 1 aliphatic heterocycles. The zero-order valence-corrected chi connectivity index (χ0v) is 8.18. The minimum Gasteiger partial charge on any atom is -0.326 e. The molecule has 1 aliphatic rings. The third kappa shape index (κ3) is 2.27. The summed E-state index contributed by atoms with van der Waals surface area (Å²) >= 11 is 5.54. The SMILES string of the molecule is CN1CCN(CCCCCl)C1=O. The molecule has 0 bridgehead atoms. The van der Waals surface area contributed by atoms with Gasteiger partial charge in [0.2, 0.25) is 0 Å². The van der Waals surface area contributed by atoms with Crippen LogP contribution in [0.15, 0.2) is 0 Å². The molecule has 0 spiro atoms. The van der Waals surface area contributed by atoms with E-state index in [9.17, 15) is 4.79 Å². The average molecular weight is 191 g/mol. The first-order valence-corrected chi connectivity index (χ1v) is 4.85. The van der Waals surface area contributed by atoms with Crippen molar-refractivity contribution >= 4 is 17.6 Å². The lowest BCUT2D eigenvalue weighted by atomic mass is 10.3. The molecule has 0 radical (unpaired) electrons. The predicted octanol–water partition coefficient (Wildman–Crippen LogP) is 1.37. The molecular formula is C8H15ClN2O. The second-order valence-corrected chi connectivity index (χ2v) is 3.47. The Hall–Kier alpha value is -0.440. The van der Waals surface area contributed by atoms with Gasteiger partial charge < -0.3 is 9.80 Å². The van der Waals surface area contributed by atoms with E-state index in [2.05, 4.69) is 0 Å². The van der Waals surface area contributed by atoms with E-state index in [1.807, 2.05) is 11.9 Å². The zero-order chi connectivity index (χ0) is 8.97. The number of hydrogen-bond donors (Lipinski definition) is 0. The van der Waals surface area contributed by atoms with Gasteiger partial charge in [0, 0.05) is 32.6 Å². The molecule has 12 heavy (non-hydrogen) atoms. The van der Waals surface area contributed by atoms with Gasteiger partial charge in [-0.1, -0.05) is 0 Å². The number of carbonyl (C=O) groups is 1. The summed E-state index contributed by atoms with van der Waals surface area (Å²) in [5, 5.41) is 0. The van der Waals surface area contributed by atoms with Crippen molar-refractivity contribution in [3.8, 4) is 0 Å². The highest BCUT2D eigenvalue weighted by Gasteiger charge is 2.23. The van der Waals surface area contributed by atoms with Crippen molar-refractivity contribution in [2.75, 3.05) is 32.6 Å². The van der Waals surface area contributed by atoms with Crippen LogP contribution in [0.5, 0.6) is 0 Å². The van der Waals surface area contributed by atoms with Crippen molar-refractivity contribution in [3.63, 3.8) is 0 Å². The fourth-order valence-electron chi connectivity index (χ4n) is 1.31. The Balaban J connectivity index is 2.20. The molecule has 0 N–H and O–H groups in total. The van der Waals surface area contributed by atoms with Crippen LogP contribution in [0.4, 0.5) is 4.79 Å². The zero-order valence-electron chi connectivity index (χ0n) is 7.42. The molecule has 1 fully saturated rings. The highest BCUT2D eigenvalue weighted by molar-refractivity contribution is 6.17. The van der Waals surface area contributed by atoms with E-state index in [1.165, 1.54) is 0 Å². The monoisotopic (exact) mass is 190 g/mol. The summed E-state index contributed by atoms with van der Waals surface area (Å²) in [6, 6.07) is 0.157. The van der Waals surface area contributed by atoms with E-state index >= 15 is 0 Å². The number of halogens is 1. The minimum absolute atomic E-state index is 0.157. The Kier molecular flexibility index (Phi) is 3.66. The molecule has 1 rings (SSSR count). The van der Waals surface area contributed by atoms with Crippen molar-refractivity contribution < 1.29 is 4.79 Å². The predicted molar refractivity (Wildman–Crippen MR) is 49.6 cm³/mol. The van der Waals surface area contributed by atoms with E-state index in [1.54, 1.807) is 4.90 Å². The Morgan fingerprint density at radius 1 is 1.42 bits per heavy atom. The van der Waals surface area contributed by atoms with Gasteiger partial charge in [-0.25, -0.2) is 4.79 Å². The van der Waals surface area contributed by atoms with Crippen molar-refractivity contribution in [2.45, 2.75) is 12.8 Å². The van der Waals surface area contributed by atoms with Crippen molar-refractivity contribution in [3.05, 3.63) is 0 Å². The summed E-state index contributed by atoms with van der Waals surface area (Å²) in [7, 11) is 1.84. The summed E-state index contributed by atoms with van der Waals surface area (Å²) in [6.45, 7) is 2.59. The first-order valence-electron chi connectivity index (χ1n) is 4.31. The van der Waals surface area contributed by atoms with Crippen LogP contribution in [-0.4, -0.2) is 48.4 Å². The van der Waals surface area contributed by atoms with Gasteiger partial charge in [0.25, 0.3) is 0 Å². The Labute approximate surface area is 78.3 Å². The number of nitrogens with zero attached hydrogens (tertiary/aromatic N) is 2. The summed E-state index contributed by atoms with van der Waals surface area (Å²) in [4.78, 5) is 15.0. The van der Waals surface area contributed by atoms with E-state index in [4.69, 9.17) is 11.6 Å². The topological polar surface area (TPSA) is 23.6 Å². The quantitative estimate of drug-likeness (QED) is 0.485. The molecule has 0 saturated carbocycles. The van der Waals surface area contributed by atoms with Crippen LogP contribution in [0.3, 0.4) is 0 Å². The number of hydrogen-bond acceptors (Lipinski definition) is 1. The molecule has 0 aromatic heterocycles. The van der Waals surface area contributed by atoms with E-state index < -0.39 is 0 Å². The molecule has 2 amide bonds. The van der Waals surface area contributed by atoms with Crippen LogP contribution in [0.25, 0.3) is 0 Å². The number of likely N-dealkylation sites (N-methyl/N-ethyl adjacent to an activating group) is 1. The number of alkyl halides is 1. The lowest BCUT2D eigenvalue weighted by molar-refractivity contribution is 0.198. The number of urea groups is 1. The van der Waals surface area contributed by atoms with Crippen molar-refractivity contribution in [1.82, 2.24) is 9.80 Å². The Bertz CT molecular complexity index is 163. The average Bonchev–Trinajstić information content (AvgIpc) is 2.36. The summed E-state index contributed by atoms with van der Waals surface area (Å²) in [6.07, 6.45) is 2.01. The second kappa shape index (κ2) is 4.55. The Morgan fingerprint density at radius 3 is 2.67 bits per heavy atom. The maximum absolute atomic E-state index is 11.3. The maximum Gasteiger partial charge on any atom is 0.319 e. The third-order valence-electron chi connectivity index (χ3n) is 2.11. The molecule has 0 atom stereocenters. The molecule has 0 aliphatic carbocycles.